The Bertz CT molecular complexity index is 606. The second-order valence-electron chi connectivity index (χ2n) is 6.55. The van der Waals surface area contributed by atoms with Crippen molar-refractivity contribution in [2.24, 2.45) is 5.92 Å². The summed E-state index contributed by atoms with van der Waals surface area (Å²) in [4.78, 5) is 18.0. The lowest BCUT2D eigenvalue weighted by atomic mass is 9.96. The summed E-state index contributed by atoms with van der Waals surface area (Å²) in [6.45, 7) is 7.56. The fraction of sp³-hybridized carbons (Fsp3) is 0.500. The van der Waals surface area contributed by atoms with Gasteiger partial charge in [0.25, 0.3) is 5.91 Å². The quantitative estimate of drug-likeness (QED) is 0.911. The predicted octanol–water partition coefficient (Wildman–Crippen LogP) is 3.02. The Kier molecular flexibility index (Phi) is 4.48. The molecule has 0 atom stereocenters. The lowest BCUT2D eigenvalue weighted by Gasteiger charge is -2.34. The van der Waals surface area contributed by atoms with Gasteiger partial charge in [-0.1, -0.05) is 18.2 Å². The lowest BCUT2D eigenvalue weighted by Crippen LogP contribution is -2.41. The zero-order valence-electron chi connectivity index (χ0n) is 13.4. The van der Waals surface area contributed by atoms with Crippen molar-refractivity contribution in [2.75, 3.05) is 19.6 Å². The number of fused-ring (bicyclic) bond motifs is 1. The van der Waals surface area contributed by atoms with Crippen LogP contribution < -0.4 is 5.32 Å². The minimum Gasteiger partial charge on any atom is -0.351 e. The maximum atomic E-state index is 12.3. The maximum Gasteiger partial charge on any atom is 0.267 e. The van der Waals surface area contributed by atoms with Gasteiger partial charge in [0, 0.05) is 23.5 Å². The first-order valence-corrected chi connectivity index (χ1v) is 8.23. The monoisotopic (exact) mass is 299 g/mol. The van der Waals surface area contributed by atoms with Gasteiger partial charge in [-0.3, -0.25) is 4.79 Å². The van der Waals surface area contributed by atoms with E-state index in [1.165, 1.54) is 12.8 Å². The average Bonchev–Trinajstić information content (AvgIpc) is 2.97. The molecule has 0 aliphatic carbocycles. The Hall–Kier alpha value is -1.81. The van der Waals surface area contributed by atoms with Gasteiger partial charge in [0.05, 0.1) is 0 Å². The van der Waals surface area contributed by atoms with E-state index in [4.69, 9.17) is 0 Å². The van der Waals surface area contributed by atoms with E-state index in [1.807, 2.05) is 30.3 Å². The molecule has 1 aliphatic heterocycles. The number of para-hydroxylation sites is 1. The summed E-state index contributed by atoms with van der Waals surface area (Å²) >= 11 is 0. The molecule has 2 aromatic rings. The zero-order chi connectivity index (χ0) is 15.5. The van der Waals surface area contributed by atoms with Gasteiger partial charge >= 0.3 is 0 Å². The third-order valence-corrected chi connectivity index (χ3v) is 4.71. The first-order chi connectivity index (χ1) is 10.6. The SMILES string of the molecule is CC(C)N1CCC(CNC(=O)c2cc3ccccc3[nH]2)CC1. The number of nitrogens with one attached hydrogen (secondary N) is 2. The molecule has 1 aromatic carbocycles. The van der Waals surface area contributed by atoms with E-state index in [1.54, 1.807) is 0 Å². The van der Waals surface area contributed by atoms with Crippen molar-refractivity contribution in [1.29, 1.82) is 0 Å². The number of carbonyl (C=O) groups excluding carboxylic acids is 1. The predicted molar refractivity (Wildman–Crippen MR) is 90.1 cm³/mol. The van der Waals surface area contributed by atoms with E-state index in [0.29, 0.717) is 17.7 Å². The molecule has 4 heteroatoms. The fourth-order valence-electron chi connectivity index (χ4n) is 3.20. The van der Waals surface area contributed by atoms with Crippen LogP contribution in [0, 0.1) is 5.92 Å². The summed E-state index contributed by atoms with van der Waals surface area (Å²) in [5, 5.41) is 4.17. The number of H-pyrrole nitrogens is 1. The number of nitrogens with zero attached hydrogens (tertiary/aromatic N) is 1. The smallest absolute Gasteiger partial charge is 0.267 e. The molecule has 3 rings (SSSR count). The molecular formula is C18H25N3O. The van der Waals surface area contributed by atoms with E-state index in [-0.39, 0.29) is 5.91 Å². The normalized spacial score (nSPS) is 17.2. The number of benzene rings is 1. The van der Waals surface area contributed by atoms with Gasteiger partial charge in [-0.05, 0) is 57.8 Å². The van der Waals surface area contributed by atoms with E-state index in [9.17, 15) is 4.79 Å². The van der Waals surface area contributed by atoms with Crippen molar-refractivity contribution >= 4 is 16.8 Å². The van der Waals surface area contributed by atoms with Crippen molar-refractivity contribution < 1.29 is 4.79 Å². The lowest BCUT2D eigenvalue weighted by molar-refractivity contribution is 0.0925. The van der Waals surface area contributed by atoms with Gasteiger partial charge in [0.1, 0.15) is 5.69 Å². The minimum atomic E-state index is 0.00230. The van der Waals surface area contributed by atoms with Crippen molar-refractivity contribution in [2.45, 2.75) is 32.7 Å². The molecule has 1 aromatic heterocycles. The Morgan fingerprint density at radius 3 is 2.73 bits per heavy atom. The van der Waals surface area contributed by atoms with Gasteiger partial charge in [0.2, 0.25) is 0 Å². The van der Waals surface area contributed by atoms with Crippen LogP contribution >= 0.6 is 0 Å². The third-order valence-electron chi connectivity index (χ3n) is 4.71. The molecule has 1 saturated heterocycles. The highest BCUT2D eigenvalue weighted by atomic mass is 16.1. The molecule has 2 heterocycles. The number of carbonyl (C=O) groups is 1. The summed E-state index contributed by atoms with van der Waals surface area (Å²) in [5.41, 5.74) is 1.67. The first-order valence-electron chi connectivity index (χ1n) is 8.23. The molecule has 4 nitrogen and oxygen atoms in total. The second-order valence-corrected chi connectivity index (χ2v) is 6.55. The summed E-state index contributed by atoms with van der Waals surface area (Å²) < 4.78 is 0. The average molecular weight is 299 g/mol. The van der Waals surface area contributed by atoms with Crippen molar-refractivity contribution in [3.8, 4) is 0 Å². The van der Waals surface area contributed by atoms with E-state index in [0.717, 1.165) is 30.5 Å². The molecule has 118 valence electrons. The first kappa shape index (κ1) is 15.1. The van der Waals surface area contributed by atoms with Gasteiger partial charge in [-0.15, -0.1) is 0 Å². The van der Waals surface area contributed by atoms with Gasteiger partial charge in [-0.2, -0.15) is 0 Å². The van der Waals surface area contributed by atoms with Crippen LogP contribution in [0.3, 0.4) is 0 Å². The van der Waals surface area contributed by atoms with E-state index >= 15 is 0 Å². The Labute approximate surface area is 131 Å². The third kappa shape index (κ3) is 3.33. The Morgan fingerprint density at radius 1 is 1.32 bits per heavy atom. The van der Waals surface area contributed by atoms with Gasteiger partial charge < -0.3 is 15.2 Å². The largest absolute Gasteiger partial charge is 0.351 e. The highest BCUT2D eigenvalue weighted by Gasteiger charge is 2.21. The second kappa shape index (κ2) is 6.53. The number of rotatable bonds is 4. The molecule has 0 radical (unpaired) electrons. The summed E-state index contributed by atoms with van der Waals surface area (Å²) in [6, 6.07) is 10.5. The van der Waals surface area contributed by atoms with Crippen LogP contribution in [0.4, 0.5) is 0 Å². The molecule has 22 heavy (non-hydrogen) atoms. The van der Waals surface area contributed by atoms with Crippen LogP contribution in [0.5, 0.6) is 0 Å². The molecule has 0 unspecified atom stereocenters. The molecule has 2 N–H and O–H groups in total. The number of hydrogen-bond donors (Lipinski definition) is 2. The Morgan fingerprint density at radius 2 is 2.05 bits per heavy atom. The molecule has 0 spiro atoms. The van der Waals surface area contributed by atoms with Crippen molar-refractivity contribution in [3.05, 3.63) is 36.0 Å². The molecule has 1 fully saturated rings. The van der Waals surface area contributed by atoms with Crippen LogP contribution in [0.15, 0.2) is 30.3 Å². The molecular weight excluding hydrogens is 274 g/mol. The number of amides is 1. The van der Waals surface area contributed by atoms with Crippen LogP contribution in [-0.2, 0) is 0 Å². The fourth-order valence-corrected chi connectivity index (χ4v) is 3.20. The number of likely N-dealkylation sites (tertiary alicyclic amines) is 1. The molecule has 1 aliphatic rings. The standard InChI is InChI=1S/C18H25N3O/c1-13(2)21-9-7-14(8-10-21)12-19-18(22)17-11-15-5-3-4-6-16(15)20-17/h3-6,11,13-14,20H,7-10,12H2,1-2H3,(H,19,22). The van der Waals surface area contributed by atoms with Gasteiger partial charge in [0.15, 0.2) is 0 Å². The van der Waals surface area contributed by atoms with E-state index in [2.05, 4.69) is 29.0 Å². The number of aromatic amines is 1. The van der Waals surface area contributed by atoms with Crippen molar-refractivity contribution in [3.63, 3.8) is 0 Å². The topological polar surface area (TPSA) is 48.1 Å². The number of piperidine rings is 1. The van der Waals surface area contributed by atoms with Crippen LogP contribution in [0.25, 0.3) is 10.9 Å². The number of aromatic nitrogens is 1. The van der Waals surface area contributed by atoms with Gasteiger partial charge in [-0.25, -0.2) is 0 Å². The molecule has 0 saturated carbocycles. The Balaban J connectivity index is 1.52. The molecule has 1 amide bonds. The van der Waals surface area contributed by atoms with Crippen LogP contribution in [0.2, 0.25) is 0 Å². The minimum absolute atomic E-state index is 0.00230. The highest BCUT2D eigenvalue weighted by Crippen LogP contribution is 2.19. The summed E-state index contributed by atoms with van der Waals surface area (Å²) in [6.07, 6.45) is 2.34. The van der Waals surface area contributed by atoms with Crippen LogP contribution in [-0.4, -0.2) is 41.5 Å². The molecule has 0 bridgehead atoms. The summed E-state index contributed by atoms with van der Waals surface area (Å²) in [7, 11) is 0. The van der Waals surface area contributed by atoms with E-state index < -0.39 is 0 Å². The zero-order valence-corrected chi connectivity index (χ0v) is 13.4. The maximum absolute atomic E-state index is 12.3. The van der Waals surface area contributed by atoms with Crippen molar-refractivity contribution in [1.82, 2.24) is 15.2 Å². The number of hydrogen-bond acceptors (Lipinski definition) is 2. The summed E-state index contributed by atoms with van der Waals surface area (Å²) in [5.74, 6) is 0.603. The van der Waals surface area contributed by atoms with Crippen LogP contribution in [0.1, 0.15) is 37.2 Å². The highest BCUT2D eigenvalue weighted by molar-refractivity contribution is 5.97.